The molecule has 0 aliphatic rings. The SMILES string of the molecule is COC(=CC(C)=O)c1cccc(F)c1. The van der Waals surface area contributed by atoms with Gasteiger partial charge in [0.1, 0.15) is 11.6 Å². The highest BCUT2D eigenvalue weighted by molar-refractivity contribution is 5.93. The van der Waals surface area contributed by atoms with Crippen LogP contribution in [0.1, 0.15) is 12.5 Å². The molecule has 1 aromatic carbocycles. The van der Waals surface area contributed by atoms with Gasteiger partial charge in [-0.15, -0.1) is 0 Å². The van der Waals surface area contributed by atoms with Crippen molar-refractivity contribution in [2.75, 3.05) is 7.11 Å². The van der Waals surface area contributed by atoms with Gasteiger partial charge in [0, 0.05) is 11.6 Å². The van der Waals surface area contributed by atoms with E-state index < -0.39 is 0 Å². The minimum absolute atomic E-state index is 0.133. The summed E-state index contributed by atoms with van der Waals surface area (Å²) in [5.74, 6) is -0.114. The van der Waals surface area contributed by atoms with Gasteiger partial charge in [0.2, 0.25) is 0 Å². The summed E-state index contributed by atoms with van der Waals surface area (Å²) < 4.78 is 17.8. The molecule has 0 saturated carbocycles. The fourth-order valence-corrected chi connectivity index (χ4v) is 1.09. The molecule has 0 aliphatic carbocycles. The quantitative estimate of drug-likeness (QED) is 0.545. The minimum atomic E-state index is -0.353. The molecule has 0 bridgehead atoms. The van der Waals surface area contributed by atoms with Crippen molar-refractivity contribution in [2.45, 2.75) is 6.92 Å². The number of hydrogen-bond donors (Lipinski definition) is 0. The highest BCUT2D eigenvalue weighted by Gasteiger charge is 2.03. The molecule has 14 heavy (non-hydrogen) atoms. The van der Waals surface area contributed by atoms with Gasteiger partial charge in [-0.2, -0.15) is 0 Å². The number of ether oxygens (including phenoxy) is 1. The maximum absolute atomic E-state index is 12.8. The van der Waals surface area contributed by atoms with Crippen molar-refractivity contribution < 1.29 is 13.9 Å². The first-order chi connectivity index (χ1) is 6.63. The van der Waals surface area contributed by atoms with E-state index in [2.05, 4.69) is 0 Å². The monoisotopic (exact) mass is 194 g/mol. The molecular formula is C11H11FO2. The Kier molecular flexibility index (Phi) is 3.40. The van der Waals surface area contributed by atoms with E-state index >= 15 is 0 Å². The molecule has 0 amide bonds. The number of hydrogen-bond acceptors (Lipinski definition) is 2. The third kappa shape index (κ3) is 2.69. The summed E-state index contributed by atoms with van der Waals surface area (Å²) >= 11 is 0. The molecule has 0 aliphatic heterocycles. The summed E-state index contributed by atoms with van der Waals surface area (Å²) in [5, 5.41) is 0. The van der Waals surface area contributed by atoms with Crippen LogP contribution in [0.3, 0.4) is 0 Å². The van der Waals surface area contributed by atoms with Crippen LogP contribution in [0.4, 0.5) is 4.39 Å². The number of ketones is 1. The highest BCUT2D eigenvalue weighted by Crippen LogP contribution is 2.15. The standard InChI is InChI=1S/C11H11FO2/c1-8(13)6-11(14-2)9-4-3-5-10(12)7-9/h3-7H,1-2H3. The van der Waals surface area contributed by atoms with Crippen LogP contribution in [0, 0.1) is 5.82 Å². The lowest BCUT2D eigenvalue weighted by Crippen LogP contribution is -1.92. The fourth-order valence-electron chi connectivity index (χ4n) is 1.09. The number of rotatable bonds is 3. The van der Waals surface area contributed by atoms with Crippen molar-refractivity contribution >= 4 is 11.5 Å². The molecule has 74 valence electrons. The Morgan fingerprint density at radius 2 is 2.21 bits per heavy atom. The molecule has 2 nitrogen and oxygen atoms in total. The van der Waals surface area contributed by atoms with Crippen LogP contribution in [-0.2, 0) is 9.53 Å². The van der Waals surface area contributed by atoms with Gasteiger partial charge in [-0.1, -0.05) is 12.1 Å². The smallest absolute Gasteiger partial charge is 0.156 e. The summed E-state index contributed by atoms with van der Waals surface area (Å²) in [6.07, 6.45) is 1.33. The molecule has 1 aromatic rings. The topological polar surface area (TPSA) is 26.3 Å². The van der Waals surface area contributed by atoms with Crippen LogP contribution in [0.25, 0.3) is 5.76 Å². The molecule has 0 radical (unpaired) electrons. The number of halogens is 1. The summed E-state index contributed by atoms with van der Waals surface area (Å²) in [5.41, 5.74) is 0.558. The number of allylic oxidation sites excluding steroid dienone is 1. The van der Waals surface area contributed by atoms with E-state index in [1.807, 2.05) is 0 Å². The normalized spacial score (nSPS) is 11.2. The Morgan fingerprint density at radius 3 is 2.71 bits per heavy atom. The fraction of sp³-hybridized carbons (Fsp3) is 0.182. The van der Waals surface area contributed by atoms with Gasteiger partial charge in [-0.05, 0) is 19.1 Å². The van der Waals surface area contributed by atoms with E-state index in [4.69, 9.17) is 4.74 Å². The predicted molar refractivity (Wildman–Crippen MR) is 52.1 cm³/mol. The summed E-state index contributed by atoms with van der Waals surface area (Å²) in [7, 11) is 1.44. The molecule has 0 N–H and O–H groups in total. The third-order valence-corrected chi connectivity index (χ3v) is 1.66. The van der Waals surface area contributed by atoms with Gasteiger partial charge in [-0.25, -0.2) is 4.39 Å². The molecule has 0 spiro atoms. The largest absolute Gasteiger partial charge is 0.496 e. The lowest BCUT2D eigenvalue weighted by atomic mass is 10.1. The second-order valence-electron chi connectivity index (χ2n) is 2.83. The van der Waals surface area contributed by atoms with Gasteiger partial charge >= 0.3 is 0 Å². The zero-order valence-corrected chi connectivity index (χ0v) is 8.08. The average molecular weight is 194 g/mol. The lowest BCUT2D eigenvalue weighted by Gasteiger charge is -2.05. The van der Waals surface area contributed by atoms with Crippen molar-refractivity contribution in [3.8, 4) is 0 Å². The summed E-state index contributed by atoms with van der Waals surface area (Å²) in [6.45, 7) is 1.41. The maximum atomic E-state index is 12.8. The number of carbonyl (C=O) groups is 1. The van der Waals surface area contributed by atoms with Crippen LogP contribution in [0.5, 0.6) is 0 Å². The molecule has 3 heteroatoms. The van der Waals surface area contributed by atoms with Gasteiger partial charge in [-0.3, -0.25) is 4.79 Å². The van der Waals surface area contributed by atoms with Gasteiger partial charge < -0.3 is 4.74 Å². The van der Waals surface area contributed by atoms with Gasteiger partial charge in [0.05, 0.1) is 7.11 Å². The Bertz CT molecular complexity index is 369. The summed E-state index contributed by atoms with van der Waals surface area (Å²) in [4.78, 5) is 10.8. The molecular weight excluding hydrogens is 183 g/mol. The van der Waals surface area contributed by atoms with E-state index in [9.17, 15) is 9.18 Å². The predicted octanol–water partition coefficient (Wildman–Crippen LogP) is 2.40. The zero-order chi connectivity index (χ0) is 10.6. The molecule has 0 atom stereocenters. The molecule has 1 rings (SSSR count). The number of carbonyl (C=O) groups excluding carboxylic acids is 1. The average Bonchev–Trinajstić information content (AvgIpc) is 2.14. The number of methoxy groups -OCH3 is 1. The molecule has 0 aromatic heterocycles. The Morgan fingerprint density at radius 1 is 1.50 bits per heavy atom. The molecule has 0 fully saturated rings. The van der Waals surface area contributed by atoms with Crippen molar-refractivity contribution in [2.24, 2.45) is 0 Å². The van der Waals surface area contributed by atoms with Gasteiger partial charge in [0.25, 0.3) is 0 Å². The Balaban J connectivity index is 3.07. The van der Waals surface area contributed by atoms with Crippen LogP contribution < -0.4 is 0 Å². The van der Waals surface area contributed by atoms with Crippen molar-refractivity contribution in [1.82, 2.24) is 0 Å². The highest BCUT2D eigenvalue weighted by atomic mass is 19.1. The molecule has 0 saturated heterocycles. The zero-order valence-electron chi connectivity index (χ0n) is 8.08. The van der Waals surface area contributed by atoms with E-state index in [1.165, 1.54) is 32.2 Å². The van der Waals surface area contributed by atoms with E-state index in [-0.39, 0.29) is 11.6 Å². The van der Waals surface area contributed by atoms with Crippen molar-refractivity contribution in [3.63, 3.8) is 0 Å². The number of benzene rings is 1. The second kappa shape index (κ2) is 4.56. The second-order valence-corrected chi connectivity index (χ2v) is 2.83. The van der Waals surface area contributed by atoms with E-state index in [0.29, 0.717) is 11.3 Å². The van der Waals surface area contributed by atoms with Crippen molar-refractivity contribution in [1.29, 1.82) is 0 Å². The van der Waals surface area contributed by atoms with Crippen LogP contribution in [0.15, 0.2) is 30.3 Å². The molecule has 0 unspecified atom stereocenters. The van der Waals surface area contributed by atoms with Crippen LogP contribution in [-0.4, -0.2) is 12.9 Å². The van der Waals surface area contributed by atoms with Crippen LogP contribution >= 0.6 is 0 Å². The first-order valence-electron chi connectivity index (χ1n) is 4.15. The minimum Gasteiger partial charge on any atom is -0.496 e. The van der Waals surface area contributed by atoms with E-state index in [1.54, 1.807) is 12.1 Å². The first kappa shape index (κ1) is 10.4. The Hall–Kier alpha value is -1.64. The van der Waals surface area contributed by atoms with Gasteiger partial charge in [0.15, 0.2) is 5.78 Å². The van der Waals surface area contributed by atoms with E-state index in [0.717, 1.165) is 0 Å². The maximum Gasteiger partial charge on any atom is 0.156 e. The molecule has 0 heterocycles. The van der Waals surface area contributed by atoms with Crippen molar-refractivity contribution in [3.05, 3.63) is 41.7 Å². The van der Waals surface area contributed by atoms with Crippen LogP contribution in [0.2, 0.25) is 0 Å². The summed E-state index contributed by atoms with van der Waals surface area (Å²) in [6, 6.07) is 5.90. The first-order valence-corrected chi connectivity index (χ1v) is 4.15. The third-order valence-electron chi connectivity index (χ3n) is 1.66. The Labute approximate surface area is 82.0 Å². The lowest BCUT2D eigenvalue weighted by molar-refractivity contribution is -0.112.